The molecule has 1 aliphatic carbocycles. The van der Waals surface area contributed by atoms with Gasteiger partial charge in [-0.3, -0.25) is 4.90 Å². The maximum Gasteiger partial charge on any atom is 0.0378 e. The van der Waals surface area contributed by atoms with Crippen LogP contribution < -0.4 is 0 Å². The molecule has 0 bridgehead atoms. The first-order valence-electron chi connectivity index (χ1n) is 3.17. The van der Waals surface area contributed by atoms with E-state index in [4.69, 9.17) is 0 Å². The van der Waals surface area contributed by atoms with Gasteiger partial charge in [0.2, 0.25) is 0 Å². The van der Waals surface area contributed by atoms with E-state index >= 15 is 0 Å². The Bertz CT molecular complexity index is 126. The van der Waals surface area contributed by atoms with Crippen molar-refractivity contribution >= 4 is 0 Å². The number of nitrogens with zero attached hydrogens (tertiary/aromatic N) is 1. The maximum atomic E-state index is 2.60. The Kier molecular flexibility index (Phi) is 0.253. The van der Waals surface area contributed by atoms with Crippen molar-refractivity contribution in [3.05, 3.63) is 0 Å². The summed E-state index contributed by atoms with van der Waals surface area (Å²) in [5.74, 6) is 1.16. The Morgan fingerprint density at radius 1 is 1.57 bits per heavy atom. The van der Waals surface area contributed by atoms with Gasteiger partial charge in [-0.1, -0.05) is 0 Å². The van der Waals surface area contributed by atoms with Crippen LogP contribution in [0.1, 0.15) is 12.8 Å². The molecule has 1 heteroatoms. The molecule has 0 radical (unpaired) electrons. The first-order chi connectivity index (χ1) is 3.42. The van der Waals surface area contributed by atoms with Crippen molar-refractivity contribution < 1.29 is 0 Å². The monoisotopic (exact) mass is 95.1 g/mol. The average Bonchev–Trinajstić information content (AvgIpc) is 2.32. The number of hydrogen-bond donors (Lipinski definition) is 0. The van der Waals surface area contributed by atoms with E-state index in [1.165, 1.54) is 25.9 Å². The normalized spacial score (nSPS) is 72.0. The zero-order valence-corrected chi connectivity index (χ0v) is 4.35. The lowest BCUT2D eigenvalue weighted by atomic mass is 9.68. The van der Waals surface area contributed by atoms with Crippen LogP contribution in [0.2, 0.25) is 0 Å². The third-order valence-corrected chi connectivity index (χ3v) is 3.12. The summed E-state index contributed by atoms with van der Waals surface area (Å²) < 4.78 is 0. The van der Waals surface area contributed by atoms with Crippen LogP contribution in [0, 0.1) is 5.92 Å². The largest absolute Gasteiger partial charge is 0.294 e. The van der Waals surface area contributed by atoms with Crippen LogP contribution in [0.25, 0.3) is 0 Å². The van der Waals surface area contributed by atoms with Gasteiger partial charge in [-0.15, -0.1) is 0 Å². The third-order valence-electron chi connectivity index (χ3n) is 3.12. The standard InChI is InChI=1S/C6H9N/c1-2-6-4-7(6)3-5(1)6/h5H,1-4H2. The van der Waals surface area contributed by atoms with Gasteiger partial charge in [0, 0.05) is 18.6 Å². The van der Waals surface area contributed by atoms with Gasteiger partial charge in [0.1, 0.15) is 0 Å². The number of hydrogen-bond acceptors (Lipinski definition) is 1. The van der Waals surface area contributed by atoms with Gasteiger partial charge in [-0.2, -0.15) is 0 Å². The molecule has 2 saturated heterocycles. The maximum absolute atomic E-state index is 2.60. The molecular weight excluding hydrogens is 86.1 g/mol. The Morgan fingerprint density at radius 3 is 2.57 bits per heavy atom. The average molecular weight is 95.1 g/mol. The first kappa shape index (κ1) is 3.08. The predicted octanol–water partition coefficient (Wildman–Crippen LogP) is 0.464. The molecule has 7 heavy (non-hydrogen) atoms. The van der Waals surface area contributed by atoms with Crippen molar-refractivity contribution in [1.82, 2.24) is 4.90 Å². The van der Waals surface area contributed by atoms with Gasteiger partial charge in [0.25, 0.3) is 0 Å². The van der Waals surface area contributed by atoms with E-state index in [-0.39, 0.29) is 0 Å². The molecule has 1 nitrogen and oxygen atoms in total. The van der Waals surface area contributed by atoms with Crippen LogP contribution >= 0.6 is 0 Å². The summed E-state index contributed by atoms with van der Waals surface area (Å²) in [4.78, 5) is 2.60. The second-order valence-corrected chi connectivity index (χ2v) is 3.22. The highest BCUT2D eigenvalue weighted by atomic mass is 15.4. The summed E-state index contributed by atoms with van der Waals surface area (Å²) in [5, 5.41) is 0. The van der Waals surface area contributed by atoms with E-state index in [1.54, 1.807) is 0 Å². The van der Waals surface area contributed by atoms with Gasteiger partial charge in [0.05, 0.1) is 0 Å². The summed E-state index contributed by atoms with van der Waals surface area (Å²) >= 11 is 0. The van der Waals surface area contributed by atoms with E-state index in [1.807, 2.05) is 0 Å². The van der Waals surface area contributed by atoms with E-state index in [9.17, 15) is 0 Å². The summed E-state index contributed by atoms with van der Waals surface area (Å²) in [5.41, 5.74) is 0.861. The van der Waals surface area contributed by atoms with E-state index < -0.39 is 0 Å². The lowest BCUT2D eigenvalue weighted by Crippen LogP contribution is -2.52. The molecule has 3 unspecified atom stereocenters. The molecule has 1 saturated carbocycles. The van der Waals surface area contributed by atoms with E-state index in [2.05, 4.69) is 4.90 Å². The summed E-state index contributed by atoms with van der Waals surface area (Å²) in [7, 11) is 0. The second kappa shape index (κ2) is 0.576. The molecule has 0 aromatic rings. The Balaban J connectivity index is 2.06. The molecule has 3 atom stereocenters. The summed E-state index contributed by atoms with van der Waals surface area (Å²) in [6, 6.07) is 0. The molecule has 0 aromatic carbocycles. The van der Waals surface area contributed by atoms with Crippen LogP contribution in [0.4, 0.5) is 0 Å². The highest BCUT2D eigenvalue weighted by Gasteiger charge is 2.70. The van der Waals surface area contributed by atoms with Gasteiger partial charge in [-0.25, -0.2) is 0 Å². The van der Waals surface area contributed by atoms with E-state index in [0.29, 0.717) is 0 Å². The molecule has 3 fully saturated rings. The molecule has 0 aromatic heterocycles. The van der Waals surface area contributed by atoms with Crippen molar-refractivity contribution in [2.45, 2.75) is 18.4 Å². The van der Waals surface area contributed by atoms with Crippen molar-refractivity contribution in [1.29, 1.82) is 0 Å². The molecular formula is C6H9N. The Labute approximate surface area is 43.3 Å². The van der Waals surface area contributed by atoms with Crippen LogP contribution in [-0.2, 0) is 0 Å². The fraction of sp³-hybridized carbons (Fsp3) is 1.00. The highest BCUT2D eigenvalue weighted by molar-refractivity contribution is 5.26. The van der Waals surface area contributed by atoms with Crippen molar-refractivity contribution in [3.63, 3.8) is 0 Å². The smallest absolute Gasteiger partial charge is 0.0378 e. The Hall–Kier alpha value is -0.0400. The SMILES string of the molecule is C1CC23CN2CC13. The first-order valence-corrected chi connectivity index (χ1v) is 3.17. The van der Waals surface area contributed by atoms with Crippen LogP contribution in [0.3, 0.4) is 0 Å². The van der Waals surface area contributed by atoms with Crippen molar-refractivity contribution in [2.24, 2.45) is 5.92 Å². The molecule has 1 spiro atoms. The van der Waals surface area contributed by atoms with Crippen LogP contribution in [0.5, 0.6) is 0 Å². The fourth-order valence-corrected chi connectivity index (χ4v) is 2.26. The minimum Gasteiger partial charge on any atom is -0.294 e. The van der Waals surface area contributed by atoms with Gasteiger partial charge in [-0.05, 0) is 18.8 Å². The van der Waals surface area contributed by atoms with Crippen LogP contribution in [-0.4, -0.2) is 23.5 Å². The molecule has 3 rings (SSSR count). The summed E-state index contributed by atoms with van der Waals surface area (Å²) in [6.07, 6.45) is 3.06. The molecule has 2 heterocycles. The molecule has 0 amide bonds. The van der Waals surface area contributed by atoms with Crippen molar-refractivity contribution in [3.8, 4) is 0 Å². The minimum atomic E-state index is 0.861. The number of piperidine rings is 1. The van der Waals surface area contributed by atoms with Crippen LogP contribution in [0.15, 0.2) is 0 Å². The van der Waals surface area contributed by atoms with Crippen molar-refractivity contribution in [2.75, 3.05) is 13.1 Å². The Morgan fingerprint density at radius 2 is 2.57 bits per heavy atom. The zero-order chi connectivity index (χ0) is 4.48. The highest BCUT2D eigenvalue weighted by Crippen LogP contribution is 2.62. The topological polar surface area (TPSA) is 3.01 Å². The zero-order valence-electron chi connectivity index (χ0n) is 4.35. The van der Waals surface area contributed by atoms with Gasteiger partial charge < -0.3 is 0 Å². The minimum absolute atomic E-state index is 0.861. The van der Waals surface area contributed by atoms with Gasteiger partial charge in [0.15, 0.2) is 0 Å². The predicted molar refractivity (Wildman–Crippen MR) is 27.0 cm³/mol. The number of rotatable bonds is 0. The van der Waals surface area contributed by atoms with Gasteiger partial charge >= 0.3 is 0 Å². The second-order valence-electron chi connectivity index (χ2n) is 3.22. The quantitative estimate of drug-likeness (QED) is 0.395. The van der Waals surface area contributed by atoms with E-state index in [0.717, 1.165) is 11.5 Å². The molecule has 2 aliphatic heterocycles. The summed E-state index contributed by atoms with van der Waals surface area (Å²) in [6.45, 7) is 2.90. The lowest BCUT2D eigenvalue weighted by molar-refractivity contribution is 0.0500. The fourth-order valence-electron chi connectivity index (χ4n) is 2.26. The lowest BCUT2D eigenvalue weighted by Gasteiger charge is -2.46. The molecule has 38 valence electrons. The third kappa shape index (κ3) is 0.150. The molecule has 3 aliphatic rings. The molecule has 0 N–H and O–H groups in total.